The van der Waals surface area contributed by atoms with Crippen molar-refractivity contribution in [1.29, 1.82) is 0 Å². The van der Waals surface area contributed by atoms with Gasteiger partial charge < -0.3 is 10.3 Å². The standard InChI is InChI=1S/C12H16N4/c1-4-16-9(3)14-15-12(16)10-7-8(2)5-6-11(10)13/h5-7H,4,13H2,1-3H3. The van der Waals surface area contributed by atoms with Gasteiger partial charge in [0.2, 0.25) is 0 Å². The van der Waals surface area contributed by atoms with Gasteiger partial charge in [-0.05, 0) is 32.9 Å². The molecule has 84 valence electrons. The quantitative estimate of drug-likeness (QED) is 0.783. The molecule has 4 nitrogen and oxygen atoms in total. The molecule has 2 rings (SSSR count). The highest BCUT2D eigenvalue weighted by Crippen LogP contribution is 2.25. The van der Waals surface area contributed by atoms with E-state index in [4.69, 9.17) is 5.73 Å². The van der Waals surface area contributed by atoms with Crippen molar-refractivity contribution in [2.45, 2.75) is 27.3 Å². The molecule has 0 fully saturated rings. The molecular formula is C12H16N4. The van der Waals surface area contributed by atoms with Crippen LogP contribution in [0.25, 0.3) is 11.4 Å². The molecule has 0 saturated carbocycles. The number of aryl methyl sites for hydroxylation is 2. The second-order valence-corrected chi connectivity index (χ2v) is 3.91. The first kappa shape index (κ1) is 10.7. The Balaban J connectivity index is 2.62. The topological polar surface area (TPSA) is 56.7 Å². The molecule has 0 unspecified atom stereocenters. The molecule has 0 spiro atoms. The molecule has 4 heteroatoms. The lowest BCUT2D eigenvalue weighted by Gasteiger charge is -2.08. The molecule has 1 aromatic heterocycles. The summed E-state index contributed by atoms with van der Waals surface area (Å²) in [4.78, 5) is 0. The zero-order valence-electron chi connectivity index (χ0n) is 9.86. The molecule has 0 bridgehead atoms. The number of anilines is 1. The van der Waals surface area contributed by atoms with E-state index in [9.17, 15) is 0 Å². The highest BCUT2D eigenvalue weighted by molar-refractivity contribution is 5.72. The lowest BCUT2D eigenvalue weighted by atomic mass is 10.1. The summed E-state index contributed by atoms with van der Waals surface area (Å²) in [6, 6.07) is 5.96. The Bertz CT molecular complexity index is 514. The maximum Gasteiger partial charge on any atom is 0.166 e. The van der Waals surface area contributed by atoms with Gasteiger partial charge in [-0.3, -0.25) is 0 Å². The fourth-order valence-electron chi connectivity index (χ4n) is 1.82. The van der Waals surface area contributed by atoms with Crippen molar-refractivity contribution in [3.05, 3.63) is 29.6 Å². The number of benzene rings is 1. The zero-order valence-corrected chi connectivity index (χ0v) is 9.86. The van der Waals surface area contributed by atoms with Gasteiger partial charge in [-0.2, -0.15) is 0 Å². The van der Waals surface area contributed by atoms with Crippen molar-refractivity contribution < 1.29 is 0 Å². The van der Waals surface area contributed by atoms with Crippen LogP contribution < -0.4 is 5.73 Å². The SMILES string of the molecule is CCn1c(C)nnc1-c1cc(C)ccc1N. The fourth-order valence-corrected chi connectivity index (χ4v) is 1.82. The Kier molecular flexibility index (Phi) is 2.64. The third-order valence-electron chi connectivity index (χ3n) is 2.70. The third kappa shape index (κ3) is 1.66. The van der Waals surface area contributed by atoms with Gasteiger partial charge in [-0.1, -0.05) is 11.6 Å². The second-order valence-electron chi connectivity index (χ2n) is 3.91. The summed E-state index contributed by atoms with van der Waals surface area (Å²) in [5.74, 6) is 1.76. The summed E-state index contributed by atoms with van der Waals surface area (Å²) in [7, 11) is 0. The molecule has 2 N–H and O–H groups in total. The molecular weight excluding hydrogens is 200 g/mol. The van der Waals surface area contributed by atoms with Crippen LogP contribution in [0, 0.1) is 13.8 Å². The van der Waals surface area contributed by atoms with Crippen LogP contribution in [0.5, 0.6) is 0 Å². The minimum Gasteiger partial charge on any atom is -0.398 e. The van der Waals surface area contributed by atoms with E-state index in [1.54, 1.807) is 0 Å². The fraction of sp³-hybridized carbons (Fsp3) is 0.333. The summed E-state index contributed by atoms with van der Waals surface area (Å²) in [6.45, 7) is 6.92. The van der Waals surface area contributed by atoms with E-state index < -0.39 is 0 Å². The smallest absolute Gasteiger partial charge is 0.166 e. The summed E-state index contributed by atoms with van der Waals surface area (Å²) in [5.41, 5.74) is 8.85. The van der Waals surface area contributed by atoms with E-state index in [0.29, 0.717) is 0 Å². The molecule has 0 aliphatic heterocycles. The van der Waals surface area contributed by atoms with Crippen LogP contribution in [-0.4, -0.2) is 14.8 Å². The molecule has 16 heavy (non-hydrogen) atoms. The van der Waals surface area contributed by atoms with Crippen molar-refractivity contribution >= 4 is 5.69 Å². The summed E-state index contributed by atoms with van der Waals surface area (Å²) in [5, 5.41) is 8.28. The van der Waals surface area contributed by atoms with Crippen LogP contribution in [0.1, 0.15) is 18.3 Å². The van der Waals surface area contributed by atoms with Gasteiger partial charge in [0.25, 0.3) is 0 Å². The molecule has 0 saturated heterocycles. The van der Waals surface area contributed by atoms with Gasteiger partial charge in [0.1, 0.15) is 5.82 Å². The summed E-state index contributed by atoms with van der Waals surface area (Å²) in [6.07, 6.45) is 0. The number of nitrogen functional groups attached to an aromatic ring is 1. The largest absolute Gasteiger partial charge is 0.398 e. The number of hydrogen-bond donors (Lipinski definition) is 1. The monoisotopic (exact) mass is 216 g/mol. The maximum atomic E-state index is 5.97. The minimum atomic E-state index is 0.743. The van der Waals surface area contributed by atoms with Gasteiger partial charge in [-0.15, -0.1) is 10.2 Å². The zero-order chi connectivity index (χ0) is 11.7. The van der Waals surface area contributed by atoms with Crippen LogP contribution in [0.15, 0.2) is 18.2 Å². The molecule has 0 radical (unpaired) electrons. The molecule has 0 atom stereocenters. The van der Waals surface area contributed by atoms with Gasteiger partial charge in [0.15, 0.2) is 5.82 Å². The average Bonchev–Trinajstić information content (AvgIpc) is 2.63. The first-order valence-corrected chi connectivity index (χ1v) is 5.39. The van der Waals surface area contributed by atoms with Gasteiger partial charge >= 0.3 is 0 Å². The molecule has 2 aromatic rings. The molecule has 1 heterocycles. The lowest BCUT2D eigenvalue weighted by Crippen LogP contribution is -2.02. The molecule has 0 aliphatic rings. The number of nitrogens with zero attached hydrogens (tertiary/aromatic N) is 3. The third-order valence-corrected chi connectivity index (χ3v) is 2.70. The first-order chi connectivity index (χ1) is 7.63. The molecule has 0 aliphatic carbocycles. The van der Waals surface area contributed by atoms with E-state index in [1.165, 1.54) is 5.56 Å². The van der Waals surface area contributed by atoms with Crippen LogP contribution >= 0.6 is 0 Å². The second kappa shape index (κ2) is 3.96. The van der Waals surface area contributed by atoms with E-state index in [1.807, 2.05) is 32.0 Å². The number of aromatic nitrogens is 3. The van der Waals surface area contributed by atoms with Crippen molar-refractivity contribution in [1.82, 2.24) is 14.8 Å². The van der Waals surface area contributed by atoms with Crippen molar-refractivity contribution in [3.8, 4) is 11.4 Å². The van der Waals surface area contributed by atoms with Gasteiger partial charge in [0, 0.05) is 17.8 Å². The minimum absolute atomic E-state index is 0.743. The Labute approximate surface area is 95.1 Å². The lowest BCUT2D eigenvalue weighted by molar-refractivity contribution is 0.737. The van der Waals surface area contributed by atoms with Crippen LogP contribution in [0.3, 0.4) is 0 Å². The Morgan fingerprint density at radius 1 is 1.25 bits per heavy atom. The predicted octanol–water partition coefficient (Wildman–Crippen LogP) is 2.16. The predicted molar refractivity (Wildman–Crippen MR) is 65.0 cm³/mol. The number of nitrogens with two attached hydrogens (primary N) is 1. The van der Waals surface area contributed by atoms with Crippen LogP contribution in [0.4, 0.5) is 5.69 Å². The Morgan fingerprint density at radius 2 is 2.00 bits per heavy atom. The van der Waals surface area contributed by atoms with Crippen LogP contribution in [0.2, 0.25) is 0 Å². The first-order valence-electron chi connectivity index (χ1n) is 5.39. The molecule has 0 amide bonds. The average molecular weight is 216 g/mol. The highest BCUT2D eigenvalue weighted by Gasteiger charge is 2.12. The van der Waals surface area contributed by atoms with Crippen molar-refractivity contribution in [2.75, 3.05) is 5.73 Å². The normalized spacial score (nSPS) is 10.7. The Hall–Kier alpha value is -1.84. The van der Waals surface area contributed by atoms with Gasteiger partial charge in [-0.25, -0.2) is 0 Å². The Morgan fingerprint density at radius 3 is 2.69 bits per heavy atom. The van der Waals surface area contributed by atoms with Crippen molar-refractivity contribution in [2.24, 2.45) is 0 Å². The summed E-state index contributed by atoms with van der Waals surface area (Å²) < 4.78 is 2.06. The maximum absolute atomic E-state index is 5.97. The van der Waals surface area contributed by atoms with Crippen molar-refractivity contribution in [3.63, 3.8) is 0 Å². The summed E-state index contributed by atoms with van der Waals surface area (Å²) >= 11 is 0. The molecule has 1 aromatic carbocycles. The highest BCUT2D eigenvalue weighted by atomic mass is 15.3. The van der Waals surface area contributed by atoms with Crippen LogP contribution in [-0.2, 0) is 6.54 Å². The number of hydrogen-bond acceptors (Lipinski definition) is 3. The number of rotatable bonds is 2. The van der Waals surface area contributed by atoms with E-state index in [2.05, 4.69) is 21.7 Å². The van der Waals surface area contributed by atoms with E-state index in [-0.39, 0.29) is 0 Å². The van der Waals surface area contributed by atoms with E-state index >= 15 is 0 Å². The van der Waals surface area contributed by atoms with E-state index in [0.717, 1.165) is 29.4 Å². The van der Waals surface area contributed by atoms with Gasteiger partial charge in [0.05, 0.1) is 0 Å².